The third kappa shape index (κ3) is 4.11. The van der Waals surface area contributed by atoms with Crippen LogP contribution in [0.15, 0.2) is 24.3 Å². The summed E-state index contributed by atoms with van der Waals surface area (Å²) < 4.78 is 0. The van der Waals surface area contributed by atoms with Crippen LogP contribution < -0.4 is 10.6 Å². The number of rotatable bonds is 5. The molecule has 0 heterocycles. The smallest absolute Gasteiger partial charge is 0.314 e. The summed E-state index contributed by atoms with van der Waals surface area (Å²) in [5, 5.41) is 16.0. The number of benzene rings is 1. The van der Waals surface area contributed by atoms with Crippen molar-refractivity contribution in [3.63, 3.8) is 0 Å². The number of amides is 2. The Morgan fingerprint density at radius 1 is 1.32 bits per heavy atom. The van der Waals surface area contributed by atoms with E-state index < -0.39 is 5.60 Å². The molecule has 0 unspecified atom stereocenters. The van der Waals surface area contributed by atoms with Crippen molar-refractivity contribution >= 4 is 17.6 Å². The Bertz CT molecular complexity index is 447. The van der Waals surface area contributed by atoms with Gasteiger partial charge in [-0.1, -0.05) is 29.8 Å². The summed E-state index contributed by atoms with van der Waals surface area (Å²) in [5.74, 6) is 0. The summed E-state index contributed by atoms with van der Waals surface area (Å²) in [6.07, 6.45) is 3.27. The van der Waals surface area contributed by atoms with Gasteiger partial charge in [0.05, 0.1) is 5.60 Å². The average molecular weight is 283 g/mol. The van der Waals surface area contributed by atoms with Crippen LogP contribution in [0.25, 0.3) is 0 Å². The van der Waals surface area contributed by atoms with Crippen LogP contribution in [0.3, 0.4) is 0 Å². The molecule has 2 rings (SSSR count). The number of hydrogen-bond donors (Lipinski definition) is 3. The molecule has 0 bridgehead atoms. The van der Waals surface area contributed by atoms with E-state index in [0.29, 0.717) is 24.5 Å². The van der Waals surface area contributed by atoms with Gasteiger partial charge in [-0.25, -0.2) is 4.79 Å². The van der Waals surface area contributed by atoms with Crippen LogP contribution in [0, 0.1) is 0 Å². The first-order valence-corrected chi connectivity index (χ1v) is 6.94. The molecule has 1 aromatic rings. The summed E-state index contributed by atoms with van der Waals surface area (Å²) in [7, 11) is 0. The van der Waals surface area contributed by atoms with Crippen molar-refractivity contribution in [3.05, 3.63) is 34.9 Å². The van der Waals surface area contributed by atoms with Gasteiger partial charge >= 0.3 is 6.03 Å². The highest BCUT2D eigenvalue weighted by molar-refractivity contribution is 6.31. The second kappa shape index (κ2) is 6.26. The van der Waals surface area contributed by atoms with Crippen molar-refractivity contribution in [1.29, 1.82) is 0 Å². The molecule has 1 aliphatic carbocycles. The monoisotopic (exact) mass is 282 g/mol. The lowest BCUT2D eigenvalue weighted by Crippen LogP contribution is -2.50. The molecule has 0 aromatic heterocycles. The van der Waals surface area contributed by atoms with Crippen LogP contribution in [-0.4, -0.2) is 29.8 Å². The molecule has 5 heteroatoms. The zero-order valence-corrected chi connectivity index (χ0v) is 11.5. The minimum absolute atomic E-state index is 0.243. The van der Waals surface area contributed by atoms with Gasteiger partial charge in [-0.15, -0.1) is 0 Å². The van der Waals surface area contributed by atoms with Gasteiger partial charge in [0.15, 0.2) is 0 Å². The van der Waals surface area contributed by atoms with E-state index in [9.17, 15) is 9.90 Å². The number of nitrogens with one attached hydrogen (secondary N) is 2. The zero-order valence-electron chi connectivity index (χ0n) is 10.8. The Morgan fingerprint density at radius 3 is 2.68 bits per heavy atom. The highest BCUT2D eigenvalue weighted by atomic mass is 35.5. The molecule has 1 aliphatic rings. The SMILES string of the molecule is O=C(NCCc1ccccc1Cl)NCC1(O)CCC1. The first-order chi connectivity index (χ1) is 9.09. The van der Waals surface area contributed by atoms with Crippen molar-refractivity contribution in [2.24, 2.45) is 0 Å². The maximum Gasteiger partial charge on any atom is 0.314 e. The van der Waals surface area contributed by atoms with Crippen LogP contribution in [0.4, 0.5) is 4.79 Å². The molecule has 0 atom stereocenters. The second-order valence-corrected chi connectivity index (χ2v) is 5.44. The van der Waals surface area contributed by atoms with E-state index in [1.165, 1.54) is 0 Å². The van der Waals surface area contributed by atoms with Crippen LogP contribution in [0.5, 0.6) is 0 Å². The van der Waals surface area contributed by atoms with E-state index >= 15 is 0 Å². The minimum Gasteiger partial charge on any atom is -0.388 e. The van der Waals surface area contributed by atoms with E-state index in [4.69, 9.17) is 11.6 Å². The Hall–Kier alpha value is -1.26. The van der Waals surface area contributed by atoms with Gasteiger partial charge in [-0.3, -0.25) is 0 Å². The number of carbonyl (C=O) groups is 1. The standard InChI is InChI=1S/C14H19ClN2O2/c15-12-5-2-1-4-11(12)6-9-16-13(18)17-10-14(19)7-3-8-14/h1-2,4-5,19H,3,6-10H2,(H2,16,17,18). The van der Waals surface area contributed by atoms with Gasteiger partial charge < -0.3 is 15.7 Å². The first kappa shape index (κ1) is 14.2. The molecule has 0 aliphatic heterocycles. The second-order valence-electron chi connectivity index (χ2n) is 5.03. The van der Waals surface area contributed by atoms with E-state index in [1.807, 2.05) is 24.3 Å². The maximum atomic E-state index is 11.5. The fourth-order valence-electron chi connectivity index (χ4n) is 2.08. The van der Waals surface area contributed by atoms with E-state index in [1.54, 1.807) is 0 Å². The molecular formula is C14H19ClN2O2. The molecule has 2 amide bonds. The minimum atomic E-state index is -0.680. The van der Waals surface area contributed by atoms with Crippen molar-refractivity contribution in [1.82, 2.24) is 10.6 Å². The summed E-state index contributed by atoms with van der Waals surface area (Å²) >= 11 is 6.03. The molecule has 104 valence electrons. The van der Waals surface area contributed by atoms with Gasteiger partial charge in [0.1, 0.15) is 0 Å². The molecule has 0 radical (unpaired) electrons. The molecule has 3 N–H and O–H groups in total. The van der Waals surface area contributed by atoms with Gasteiger partial charge in [0, 0.05) is 18.1 Å². The fraction of sp³-hybridized carbons (Fsp3) is 0.500. The van der Waals surface area contributed by atoms with Crippen molar-refractivity contribution in [2.45, 2.75) is 31.3 Å². The highest BCUT2D eigenvalue weighted by Gasteiger charge is 2.34. The molecule has 0 saturated heterocycles. The summed E-state index contributed by atoms with van der Waals surface area (Å²) in [6, 6.07) is 7.34. The topological polar surface area (TPSA) is 61.4 Å². The van der Waals surface area contributed by atoms with Gasteiger partial charge in [0.25, 0.3) is 0 Å². The normalized spacial score (nSPS) is 16.5. The summed E-state index contributed by atoms with van der Waals surface area (Å²) in [6.45, 7) is 0.846. The highest BCUT2D eigenvalue weighted by Crippen LogP contribution is 2.30. The average Bonchev–Trinajstić information content (AvgIpc) is 2.36. The van der Waals surface area contributed by atoms with E-state index in [2.05, 4.69) is 10.6 Å². The number of hydrogen-bond acceptors (Lipinski definition) is 2. The predicted octanol–water partition coefficient (Wildman–Crippen LogP) is 2.10. The summed E-state index contributed by atoms with van der Waals surface area (Å²) in [5.41, 5.74) is 0.335. The van der Waals surface area contributed by atoms with Crippen molar-refractivity contribution in [2.75, 3.05) is 13.1 Å². The lowest BCUT2D eigenvalue weighted by molar-refractivity contribution is -0.0290. The van der Waals surface area contributed by atoms with Crippen molar-refractivity contribution < 1.29 is 9.90 Å². The largest absolute Gasteiger partial charge is 0.388 e. The lowest BCUT2D eigenvalue weighted by atomic mass is 9.80. The lowest BCUT2D eigenvalue weighted by Gasteiger charge is -2.36. The van der Waals surface area contributed by atoms with Gasteiger partial charge in [-0.05, 0) is 37.3 Å². The van der Waals surface area contributed by atoms with Gasteiger partial charge in [-0.2, -0.15) is 0 Å². The fourth-order valence-corrected chi connectivity index (χ4v) is 2.31. The molecule has 19 heavy (non-hydrogen) atoms. The van der Waals surface area contributed by atoms with E-state index in [-0.39, 0.29) is 6.03 Å². The number of urea groups is 1. The summed E-state index contributed by atoms with van der Waals surface area (Å²) in [4.78, 5) is 11.5. The van der Waals surface area contributed by atoms with E-state index in [0.717, 1.165) is 24.8 Å². The number of carbonyl (C=O) groups excluding carboxylic acids is 1. The van der Waals surface area contributed by atoms with Crippen LogP contribution in [-0.2, 0) is 6.42 Å². The Labute approximate surface area is 118 Å². The molecule has 1 saturated carbocycles. The Morgan fingerprint density at radius 2 is 2.05 bits per heavy atom. The van der Waals surface area contributed by atoms with Crippen molar-refractivity contribution in [3.8, 4) is 0 Å². The quantitative estimate of drug-likeness (QED) is 0.774. The Balaban J connectivity index is 1.65. The maximum absolute atomic E-state index is 11.5. The predicted molar refractivity (Wildman–Crippen MR) is 75.4 cm³/mol. The third-order valence-corrected chi connectivity index (χ3v) is 3.87. The Kier molecular flexibility index (Phi) is 4.66. The number of aliphatic hydroxyl groups is 1. The first-order valence-electron chi connectivity index (χ1n) is 6.57. The molecular weight excluding hydrogens is 264 g/mol. The van der Waals surface area contributed by atoms with Crippen LogP contribution >= 0.6 is 11.6 Å². The van der Waals surface area contributed by atoms with Crippen LogP contribution in [0.1, 0.15) is 24.8 Å². The molecule has 1 fully saturated rings. The van der Waals surface area contributed by atoms with Crippen LogP contribution in [0.2, 0.25) is 5.02 Å². The zero-order chi connectivity index (χ0) is 13.7. The molecule has 4 nitrogen and oxygen atoms in total. The van der Waals surface area contributed by atoms with Gasteiger partial charge in [0.2, 0.25) is 0 Å². The molecule has 1 aromatic carbocycles. The molecule has 0 spiro atoms. The third-order valence-electron chi connectivity index (χ3n) is 3.50. The number of halogens is 1.